The number of hydrogen-bond donors (Lipinski definition) is 1. The van der Waals surface area contributed by atoms with E-state index < -0.39 is 6.10 Å². The summed E-state index contributed by atoms with van der Waals surface area (Å²) >= 11 is 0. The standard InChI is InChI=1S/C30H60O4/c1-3-5-7-9-11-13-15-16-17-19-21-23-25-30(32)34-29(27-31)28-33-26-24-22-20-18-14-12-10-8-6-4-2/h29,31H,3-28H2,1-2H3. The van der Waals surface area contributed by atoms with Crippen molar-refractivity contribution in [3.63, 3.8) is 0 Å². The number of esters is 1. The topological polar surface area (TPSA) is 55.8 Å². The van der Waals surface area contributed by atoms with Gasteiger partial charge in [0.2, 0.25) is 0 Å². The van der Waals surface area contributed by atoms with Crippen LogP contribution >= 0.6 is 0 Å². The molecule has 0 saturated carbocycles. The molecule has 0 fully saturated rings. The van der Waals surface area contributed by atoms with E-state index in [2.05, 4.69) is 13.8 Å². The summed E-state index contributed by atoms with van der Waals surface area (Å²) in [5, 5.41) is 9.47. The van der Waals surface area contributed by atoms with Crippen molar-refractivity contribution in [3.8, 4) is 0 Å². The molecular weight excluding hydrogens is 424 g/mol. The molecule has 1 unspecified atom stereocenters. The Balaban J connectivity index is 3.42. The number of aliphatic hydroxyl groups is 1. The third kappa shape index (κ3) is 26.0. The molecule has 1 N–H and O–H groups in total. The van der Waals surface area contributed by atoms with Gasteiger partial charge in [0.15, 0.2) is 0 Å². The number of hydrogen-bond acceptors (Lipinski definition) is 4. The summed E-state index contributed by atoms with van der Waals surface area (Å²) in [4.78, 5) is 12.0. The maximum absolute atomic E-state index is 12.0. The van der Waals surface area contributed by atoms with Gasteiger partial charge in [0.25, 0.3) is 0 Å². The second kappa shape index (κ2) is 28.6. The molecule has 0 aliphatic rings. The summed E-state index contributed by atoms with van der Waals surface area (Å²) in [5.74, 6) is -0.200. The molecule has 4 nitrogen and oxygen atoms in total. The van der Waals surface area contributed by atoms with Crippen molar-refractivity contribution in [1.29, 1.82) is 0 Å². The molecule has 4 heteroatoms. The first-order chi connectivity index (χ1) is 16.7. The molecule has 0 bridgehead atoms. The fraction of sp³-hybridized carbons (Fsp3) is 0.967. The molecule has 0 saturated heterocycles. The average Bonchev–Trinajstić information content (AvgIpc) is 2.84. The molecule has 0 heterocycles. The quantitative estimate of drug-likeness (QED) is 0.0889. The Morgan fingerprint density at radius 1 is 0.588 bits per heavy atom. The van der Waals surface area contributed by atoms with Gasteiger partial charge in [-0.1, -0.05) is 142 Å². The van der Waals surface area contributed by atoms with Gasteiger partial charge in [0.1, 0.15) is 6.10 Å². The van der Waals surface area contributed by atoms with Gasteiger partial charge in [-0.3, -0.25) is 4.79 Å². The number of unbranched alkanes of at least 4 members (excludes halogenated alkanes) is 20. The van der Waals surface area contributed by atoms with Gasteiger partial charge >= 0.3 is 5.97 Å². The Labute approximate surface area is 213 Å². The van der Waals surface area contributed by atoms with Crippen LogP contribution in [0.25, 0.3) is 0 Å². The van der Waals surface area contributed by atoms with Gasteiger partial charge in [-0.05, 0) is 12.8 Å². The van der Waals surface area contributed by atoms with E-state index in [1.54, 1.807) is 0 Å². The Morgan fingerprint density at radius 3 is 1.38 bits per heavy atom. The summed E-state index contributed by atoms with van der Waals surface area (Å²) in [6.07, 6.45) is 28.3. The Hall–Kier alpha value is -0.610. The van der Waals surface area contributed by atoms with Gasteiger partial charge in [-0.15, -0.1) is 0 Å². The molecule has 204 valence electrons. The van der Waals surface area contributed by atoms with Crippen LogP contribution in [0.15, 0.2) is 0 Å². The highest BCUT2D eigenvalue weighted by Gasteiger charge is 2.13. The minimum absolute atomic E-state index is 0.164. The van der Waals surface area contributed by atoms with Gasteiger partial charge in [0.05, 0.1) is 13.2 Å². The third-order valence-electron chi connectivity index (χ3n) is 6.68. The zero-order valence-electron chi connectivity index (χ0n) is 23.1. The Morgan fingerprint density at radius 2 is 0.971 bits per heavy atom. The lowest BCUT2D eigenvalue weighted by molar-refractivity contribution is -0.154. The lowest BCUT2D eigenvalue weighted by Crippen LogP contribution is -2.27. The van der Waals surface area contributed by atoms with Crippen molar-refractivity contribution < 1.29 is 19.4 Å². The fourth-order valence-corrected chi connectivity index (χ4v) is 4.39. The molecule has 0 aromatic heterocycles. The van der Waals surface area contributed by atoms with E-state index in [0.29, 0.717) is 19.6 Å². The van der Waals surface area contributed by atoms with Gasteiger partial charge in [0, 0.05) is 13.0 Å². The van der Waals surface area contributed by atoms with Gasteiger partial charge in [-0.2, -0.15) is 0 Å². The smallest absolute Gasteiger partial charge is 0.306 e. The molecule has 0 amide bonds. The first kappa shape index (κ1) is 33.4. The SMILES string of the molecule is CCCCCCCCCCCCCCC(=O)OC(CO)COCCCCCCCCCCCC. The minimum atomic E-state index is -0.520. The van der Waals surface area contributed by atoms with Crippen molar-refractivity contribution >= 4 is 5.97 Å². The second-order valence-corrected chi connectivity index (χ2v) is 10.2. The molecule has 0 aromatic carbocycles. The summed E-state index contributed by atoms with van der Waals surface area (Å²) in [6.45, 7) is 5.35. The highest BCUT2D eigenvalue weighted by atomic mass is 16.6. The normalized spacial score (nSPS) is 12.2. The van der Waals surface area contributed by atoms with Crippen molar-refractivity contribution in [1.82, 2.24) is 0 Å². The van der Waals surface area contributed by atoms with Crippen molar-refractivity contribution in [2.75, 3.05) is 19.8 Å². The van der Waals surface area contributed by atoms with E-state index in [0.717, 1.165) is 19.3 Å². The fourth-order valence-electron chi connectivity index (χ4n) is 4.39. The van der Waals surface area contributed by atoms with E-state index in [1.165, 1.54) is 122 Å². The predicted molar refractivity (Wildman–Crippen MR) is 145 cm³/mol. The number of carbonyl (C=O) groups is 1. The number of aliphatic hydroxyl groups excluding tert-OH is 1. The zero-order valence-corrected chi connectivity index (χ0v) is 23.1. The summed E-state index contributed by atoms with van der Waals surface area (Å²) in [6, 6.07) is 0. The molecule has 0 rings (SSSR count). The maximum atomic E-state index is 12.0. The molecule has 34 heavy (non-hydrogen) atoms. The molecule has 0 spiro atoms. The van der Waals surface area contributed by atoms with E-state index in [1.807, 2.05) is 0 Å². The lowest BCUT2D eigenvalue weighted by atomic mass is 10.0. The van der Waals surface area contributed by atoms with Crippen LogP contribution in [0.5, 0.6) is 0 Å². The van der Waals surface area contributed by atoms with E-state index >= 15 is 0 Å². The number of ether oxygens (including phenoxy) is 2. The van der Waals surface area contributed by atoms with Crippen LogP contribution in [0, 0.1) is 0 Å². The molecular formula is C30H60O4. The minimum Gasteiger partial charge on any atom is -0.457 e. The molecule has 0 aliphatic heterocycles. The summed E-state index contributed by atoms with van der Waals surface area (Å²) in [7, 11) is 0. The van der Waals surface area contributed by atoms with Crippen LogP contribution in [0.4, 0.5) is 0 Å². The van der Waals surface area contributed by atoms with Gasteiger partial charge in [-0.25, -0.2) is 0 Å². The van der Waals surface area contributed by atoms with E-state index in [4.69, 9.17) is 9.47 Å². The Kier molecular flexibility index (Phi) is 28.1. The van der Waals surface area contributed by atoms with Crippen LogP contribution in [-0.4, -0.2) is 37.0 Å². The monoisotopic (exact) mass is 484 g/mol. The summed E-state index contributed by atoms with van der Waals surface area (Å²) < 4.78 is 11.0. The van der Waals surface area contributed by atoms with Crippen molar-refractivity contribution in [2.45, 2.75) is 168 Å². The molecule has 0 aromatic rings. The molecule has 0 aliphatic carbocycles. The Bertz CT molecular complexity index is 399. The van der Waals surface area contributed by atoms with E-state index in [-0.39, 0.29) is 12.6 Å². The highest BCUT2D eigenvalue weighted by molar-refractivity contribution is 5.69. The maximum Gasteiger partial charge on any atom is 0.306 e. The first-order valence-electron chi connectivity index (χ1n) is 15.1. The third-order valence-corrected chi connectivity index (χ3v) is 6.68. The van der Waals surface area contributed by atoms with Crippen LogP contribution < -0.4 is 0 Å². The largest absolute Gasteiger partial charge is 0.457 e. The van der Waals surface area contributed by atoms with Crippen molar-refractivity contribution in [3.05, 3.63) is 0 Å². The first-order valence-corrected chi connectivity index (χ1v) is 15.1. The number of carbonyl (C=O) groups excluding carboxylic acids is 1. The highest BCUT2D eigenvalue weighted by Crippen LogP contribution is 2.13. The van der Waals surface area contributed by atoms with Gasteiger partial charge < -0.3 is 14.6 Å². The summed E-state index contributed by atoms with van der Waals surface area (Å²) in [5.41, 5.74) is 0. The average molecular weight is 485 g/mol. The predicted octanol–water partition coefficient (Wildman–Crippen LogP) is 8.92. The van der Waals surface area contributed by atoms with Crippen LogP contribution in [0.3, 0.4) is 0 Å². The number of rotatable bonds is 28. The second-order valence-electron chi connectivity index (χ2n) is 10.2. The molecule has 0 radical (unpaired) electrons. The van der Waals surface area contributed by atoms with Crippen LogP contribution in [-0.2, 0) is 14.3 Å². The zero-order chi connectivity index (χ0) is 25.0. The van der Waals surface area contributed by atoms with Crippen LogP contribution in [0.2, 0.25) is 0 Å². The van der Waals surface area contributed by atoms with Crippen molar-refractivity contribution in [2.24, 2.45) is 0 Å². The van der Waals surface area contributed by atoms with E-state index in [9.17, 15) is 9.90 Å². The van der Waals surface area contributed by atoms with Crippen LogP contribution in [0.1, 0.15) is 162 Å². The molecule has 1 atom stereocenters. The lowest BCUT2D eigenvalue weighted by Gasteiger charge is -2.16.